The Bertz CT molecular complexity index is 779. The molecule has 2 rings (SSSR count). The van der Waals surface area contributed by atoms with E-state index in [1.165, 1.54) is 0 Å². The summed E-state index contributed by atoms with van der Waals surface area (Å²) in [5.41, 5.74) is 0. The second kappa shape index (κ2) is 17.7. The fraction of sp³-hybridized carbons (Fsp3) is 0.931. The minimum atomic E-state index is -1.64. The average molecular weight is 593 g/mol. The van der Waals surface area contributed by atoms with Gasteiger partial charge in [0, 0.05) is 6.61 Å². The minimum absolute atomic E-state index is 0.277. The van der Waals surface area contributed by atoms with E-state index in [0.29, 0.717) is 6.42 Å². The first-order valence-electron chi connectivity index (χ1n) is 15.1. The van der Waals surface area contributed by atoms with E-state index in [2.05, 4.69) is 6.92 Å². The normalized spacial score (nSPS) is 34.8. The van der Waals surface area contributed by atoms with Crippen LogP contribution in [0.5, 0.6) is 0 Å². The highest BCUT2D eigenvalue weighted by atomic mass is 16.8. The van der Waals surface area contributed by atoms with Crippen molar-refractivity contribution in [2.24, 2.45) is 11.8 Å². The molecule has 2 saturated heterocycles. The molecule has 2 heterocycles. The van der Waals surface area contributed by atoms with Crippen LogP contribution in [0.2, 0.25) is 0 Å². The molecule has 1 unspecified atom stereocenters. The largest absolute Gasteiger partial charge is 0.463 e. The summed E-state index contributed by atoms with van der Waals surface area (Å²) in [4.78, 5) is 24.3. The van der Waals surface area contributed by atoms with Gasteiger partial charge in [-0.05, 0) is 19.8 Å². The minimum Gasteiger partial charge on any atom is -0.463 e. The maximum atomic E-state index is 12.3. The molecule has 41 heavy (non-hydrogen) atoms. The summed E-state index contributed by atoms with van der Waals surface area (Å²) >= 11 is 0. The lowest BCUT2D eigenvalue weighted by molar-refractivity contribution is -0.365. The van der Waals surface area contributed by atoms with Crippen molar-refractivity contribution >= 4 is 11.9 Å². The number of carbonyl (C=O) groups excluding carboxylic acids is 2. The Morgan fingerprint density at radius 2 is 1.41 bits per heavy atom. The first-order valence-corrected chi connectivity index (χ1v) is 15.1. The molecular formula is C29H52O12. The van der Waals surface area contributed by atoms with Gasteiger partial charge in [0.15, 0.2) is 18.7 Å². The van der Waals surface area contributed by atoms with Crippen molar-refractivity contribution < 1.29 is 58.4 Å². The molecule has 12 nitrogen and oxygen atoms in total. The third kappa shape index (κ3) is 10.4. The Morgan fingerprint density at radius 1 is 0.780 bits per heavy atom. The second-order valence-electron chi connectivity index (χ2n) is 11.4. The zero-order valence-electron chi connectivity index (χ0n) is 25.3. The van der Waals surface area contributed by atoms with E-state index in [0.717, 1.165) is 38.5 Å². The molecular weight excluding hydrogens is 540 g/mol. The van der Waals surface area contributed by atoms with Gasteiger partial charge in [0.05, 0.1) is 17.9 Å². The number of aliphatic hydroxyl groups excluding tert-OH is 4. The Kier molecular flexibility index (Phi) is 15.4. The van der Waals surface area contributed by atoms with Crippen molar-refractivity contribution in [2.75, 3.05) is 13.2 Å². The topological polar surface area (TPSA) is 170 Å². The Labute approximate surface area is 243 Å². The molecule has 2 aliphatic rings. The molecule has 0 bridgehead atoms. The summed E-state index contributed by atoms with van der Waals surface area (Å²) in [6, 6.07) is 0. The van der Waals surface area contributed by atoms with Crippen LogP contribution >= 0.6 is 0 Å². The van der Waals surface area contributed by atoms with Gasteiger partial charge in [0.2, 0.25) is 0 Å². The van der Waals surface area contributed by atoms with Crippen LogP contribution in [0.1, 0.15) is 86.5 Å². The molecule has 0 spiro atoms. The highest BCUT2D eigenvalue weighted by molar-refractivity contribution is 5.72. The maximum absolute atomic E-state index is 12.3. The molecule has 0 radical (unpaired) electrons. The number of hydrogen-bond acceptors (Lipinski definition) is 12. The molecule has 12 heteroatoms. The van der Waals surface area contributed by atoms with Gasteiger partial charge >= 0.3 is 11.9 Å². The predicted octanol–water partition coefficient (Wildman–Crippen LogP) is 1.82. The summed E-state index contributed by atoms with van der Waals surface area (Å²) in [6.07, 6.45) is -6.62. The van der Waals surface area contributed by atoms with Crippen LogP contribution in [0.25, 0.3) is 0 Å². The van der Waals surface area contributed by atoms with Crippen LogP contribution in [-0.2, 0) is 38.0 Å². The zero-order chi connectivity index (χ0) is 30.7. The average Bonchev–Trinajstić information content (AvgIpc) is 2.94. The van der Waals surface area contributed by atoms with Gasteiger partial charge in [-0.3, -0.25) is 9.59 Å². The SMILES string of the molecule is CCCCCCCCO[C@@H]1O[C@H](COC(=O)C(C)C)[C@@H](O)[C@H](O)[C@H]1O[C@@H]1O[C@@H](C)[C@H](OC(=O)C(C)CC)[C@@H](O)[C@H]1O. The first-order chi connectivity index (χ1) is 19.4. The van der Waals surface area contributed by atoms with Crippen molar-refractivity contribution in [3.63, 3.8) is 0 Å². The molecule has 240 valence electrons. The number of esters is 2. The lowest BCUT2D eigenvalue weighted by atomic mass is 9.97. The van der Waals surface area contributed by atoms with Crippen molar-refractivity contribution in [1.82, 2.24) is 0 Å². The van der Waals surface area contributed by atoms with E-state index in [4.69, 9.17) is 28.4 Å². The van der Waals surface area contributed by atoms with E-state index in [-0.39, 0.29) is 19.1 Å². The standard InChI is InChI=1S/C29H52O12/c1-7-9-10-11-12-13-14-36-29-25(21(31)20(30)19(39-29)15-37-26(34)16(3)4)41-28-23(33)22(32)24(18(6)38-28)40-27(35)17(5)8-2/h16-25,28-33H,7-15H2,1-6H3/t17?,18-,19+,20+,21-,22-,23+,24-,25+,28-,29+/m0/s1. The maximum Gasteiger partial charge on any atom is 0.309 e. The summed E-state index contributed by atoms with van der Waals surface area (Å²) in [5, 5.41) is 43.3. The molecule has 2 aliphatic heterocycles. The van der Waals surface area contributed by atoms with Gasteiger partial charge in [-0.25, -0.2) is 0 Å². The molecule has 0 aromatic heterocycles. The molecule has 4 N–H and O–H groups in total. The van der Waals surface area contributed by atoms with Crippen LogP contribution in [0.3, 0.4) is 0 Å². The Hall–Kier alpha value is -1.38. The van der Waals surface area contributed by atoms with Gasteiger partial charge < -0.3 is 48.8 Å². The van der Waals surface area contributed by atoms with Crippen LogP contribution in [0.4, 0.5) is 0 Å². The van der Waals surface area contributed by atoms with Crippen molar-refractivity contribution in [1.29, 1.82) is 0 Å². The molecule has 11 atom stereocenters. The predicted molar refractivity (Wildman–Crippen MR) is 146 cm³/mol. The lowest BCUT2D eigenvalue weighted by Gasteiger charge is -2.46. The number of carbonyl (C=O) groups is 2. The highest BCUT2D eigenvalue weighted by Gasteiger charge is 2.51. The molecule has 0 amide bonds. The monoisotopic (exact) mass is 592 g/mol. The molecule has 0 aromatic carbocycles. The Balaban J connectivity index is 2.10. The molecule has 2 fully saturated rings. The van der Waals surface area contributed by atoms with Crippen LogP contribution < -0.4 is 0 Å². The Morgan fingerprint density at radius 3 is 2.05 bits per heavy atom. The fourth-order valence-corrected chi connectivity index (χ4v) is 4.59. The zero-order valence-corrected chi connectivity index (χ0v) is 25.3. The summed E-state index contributed by atoms with van der Waals surface area (Å²) in [7, 11) is 0. The van der Waals surface area contributed by atoms with Crippen molar-refractivity contribution in [2.45, 2.75) is 148 Å². The van der Waals surface area contributed by atoms with Crippen molar-refractivity contribution in [3.8, 4) is 0 Å². The second-order valence-corrected chi connectivity index (χ2v) is 11.4. The number of aliphatic hydroxyl groups is 4. The lowest BCUT2D eigenvalue weighted by Crippen LogP contribution is -2.64. The van der Waals surface area contributed by atoms with Gasteiger partial charge in [0.25, 0.3) is 0 Å². The molecule has 0 aromatic rings. The van der Waals surface area contributed by atoms with Gasteiger partial charge in [0.1, 0.15) is 43.2 Å². The summed E-state index contributed by atoms with van der Waals surface area (Å²) in [5.74, 6) is -1.79. The number of hydrogen-bond donors (Lipinski definition) is 4. The highest BCUT2D eigenvalue weighted by Crippen LogP contribution is 2.31. The van der Waals surface area contributed by atoms with E-state index in [1.54, 1.807) is 27.7 Å². The number of rotatable bonds is 16. The van der Waals surface area contributed by atoms with Crippen LogP contribution in [0, 0.1) is 11.8 Å². The van der Waals surface area contributed by atoms with E-state index >= 15 is 0 Å². The number of ether oxygens (including phenoxy) is 6. The van der Waals surface area contributed by atoms with Crippen LogP contribution in [0.15, 0.2) is 0 Å². The first kappa shape index (κ1) is 35.8. The molecule has 0 aliphatic carbocycles. The van der Waals surface area contributed by atoms with Gasteiger partial charge in [-0.2, -0.15) is 0 Å². The van der Waals surface area contributed by atoms with Gasteiger partial charge in [-0.1, -0.05) is 66.7 Å². The smallest absolute Gasteiger partial charge is 0.309 e. The quantitative estimate of drug-likeness (QED) is 0.152. The third-order valence-electron chi connectivity index (χ3n) is 7.62. The molecule has 0 saturated carbocycles. The fourth-order valence-electron chi connectivity index (χ4n) is 4.59. The summed E-state index contributed by atoms with van der Waals surface area (Å²) < 4.78 is 34.1. The number of unbranched alkanes of at least 4 members (excludes halogenated alkanes) is 5. The van der Waals surface area contributed by atoms with E-state index < -0.39 is 79.3 Å². The van der Waals surface area contributed by atoms with Crippen molar-refractivity contribution in [3.05, 3.63) is 0 Å². The van der Waals surface area contributed by atoms with E-state index in [1.807, 2.05) is 6.92 Å². The van der Waals surface area contributed by atoms with Crippen LogP contribution in [-0.4, -0.2) is 107 Å². The third-order valence-corrected chi connectivity index (χ3v) is 7.62. The van der Waals surface area contributed by atoms with E-state index in [9.17, 15) is 30.0 Å². The summed E-state index contributed by atoms with van der Waals surface area (Å²) in [6.45, 7) is 10.6. The van der Waals surface area contributed by atoms with Gasteiger partial charge in [-0.15, -0.1) is 0 Å².